The topological polar surface area (TPSA) is 76.0 Å². The summed E-state index contributed by atoms with van der Waals surface area (Å²) >= 11 is 7.61. The van der Waals surface area contributed by atoms with Crippen LogP contribution in [-0.4, -0.2) is 49.4 Å². The van der Waals surface area contributed by atoms with E-state index in [1.165, 1.54) is 18.9 Å². The van der Waals surface area contributed by atoms with E-state index in [2.05, 4.69) is 4.99 Å². The Bertz CT molecular complexity index is 841. The van der Waals surface area contributed by atoms with E-state index in [1.807, 2.05) is 17.9 Å². The molecule has 2 fully saturated rings. The average molecular weight is 417 g/mol. The zero-order valence-electron chi connectivity index (χ0n) is 14.6. The molecule has 0 bridgehead atoms. The van der Waals surface area contributed by atoms with Crippen molar-refractivity contribution in [2.75, 3.05) is 23.5 Å². The highest BCUT2D eigenvalue weighted by Crippen LogP contribution is 2.42. The number of rotatable bonds is 5. The van der Waals surface area contributed by atoms with E-state index in [1.54, 1.807) is 12.1 Å². The SMILES string of the molecule is CCCCC(=O)N=C1S[C@@H]2CS(=O)(=O)C[C@@H]2N1c1ccc(OC)c(Cl)c1. The number of carbonyl (C=O) groups excluding carboxylic acids is 1. The van der Waals surface area contributed by atoms with Gasteiger partial charge in [-0.3, -0.25) is 4.79 Å². The Kier molecular flexibility index (Phi) is 5.84. The molecule has 0 N–H and O–H groups in total. The number of unbranched alkanes of at least 4 members (excludes halogenated alkanes) is 1. The van der Waals surface area contributed by atoms with Crippen molar-refractivity contribution in [1.82, 2.24) is 0 Å². The highest BCUT2D eigenvalue weighted by Gasteiger charge is 2.49. The summed E-state index contributed by atoms with van der Waals surface area (Å²) in [5.74, 6) is 0.513. The number of halogens is 1. The first kappa shape index (κ1) is 19.5. The Morgan fingerprint density at radius 3 is 2.85 bits per heavy atom. The lowest BCUT2D eigenvalue weighted by molar-refractivity contribution is -0.117. The van der Waals surface area contributed by atoms with Crippen LogP contribution in [0.1, 0.15) is 26.2 Å². The fourth-order valence-corrected chi connectivity index (χ4v) is 7.35. The van der Waals surface area contributed by atoms with Gasteiger partial charge < -0.3 is 9.64 Å². The number of nitrogens with zero attached hydrogens (tertiary/aromatic N) is 2. The molecule has 2 atom stereocenters. The molecular formula is C17H21ClN2O4S2. The summed E-state index contributed by atoms with van der Waals surface area (Å²) in [6.07, 6.45) is 2.10. The lowest BCUT2D eigenvalue weighted by Gasteiger charge is -2.25. The smallest absolute Gasteiger partial charge is 0.248 e. The van der Waals surface area contributed by atoms with Crippen molar-refractivity contribution < 1.29 is 17.9 Å². The van der Waals surface area contributed by atoms with Crippen molar-refractivity contribution in [3.8, 4) is 5.75 Å². The van der Waals surface area contributed by atoms with Gasteiger partial charge in [0.2, 0.25) is 5.91 Å². The number of ether oxygens (including phenoxy) is 1. The number of sulfone groups is 1. The maximum Gasteiger partial charge on any atom is 0.248 e. The van der Waals surface area contributed by atoms with E-state index in [-0.39, 0.29) is 28.7 Å². The van der Waals surface area contributed by atoms with Crippen molar-refractivity contribution >= 4 is 50.0 Å². The Hall–Kier alpha value is -1.25. The summed E-state index contributed by atoms with van der Waals surface area (Å²) in [7, 11) is -1.56. The van der Waals surface area contributed by atoms with Crippen molar-refractivity contribution in [1.29, 1.82) is 0 Å². The number of anilines is 1. The van der Waals surface area contributed by atoms with E-state index in [0.29, 0.717) is 22.4 Å². The zero-order chi connectivity index (χ0) is 18.9. The average Bonchev–Trinajstić information content (AvgIpc) is 3.03. The van der Waals surface area contributed by atoms with Gasteiger partial charge in [-0.15, -0.1) is 0 Å². The third-order valence-corrected chi connectivity index (χ3v) is 7.95. The first-order valence-electron chi connectivity index (χ1n) is 8.46. The van der Waals surface area contributed by atoms with E-state index in [0.717, 1.165) is 18.5 Å². The molecule has 3 rings (SSSR count). The lowest BCUT2D eigenvalue weighted by atomic mass is 10.2. The van der Waals surface area contributed by atoms with Crippen molar-refractivity contribution in [3.63, 3.8) is 0 Å². The predicted octanol–water partition coefficient (Wildman–Crippen LogP) is 3.14. The van der Waals surface area contributed by atoms with Crippen LogP contribution in [-0.2, 0) is 14.6 Å². The number of methoxy groups -OCH3 is 1. The van der Waals surface area contributed by atoms with Gasteiger partial charge in [0.1, 0.15) is 5.75 Å². The van der Waals surface area contributed by atoms with Gasteiger partial charge >= 0.3 is 0 Å². The summed E-state index contributed by atoms with van der Waals surface area (Å²) in [6.45, 7) is 2.02. The number of carbonyl (C=O) groups is 1. The summed E-state index contributed by atoms with van der Waals surface area (Å²) in [5, 5.41) is 0.854. The van der Waals surface area contributed by atoms with E-state index < -0.39 is 9.84 Å². The molecule has 142 valence electrons. The Morgan fingerprint density at radius 1 is 1.42 bits per heavy atom. The molecule has 0 aromatic heterocycles. The number of thioether (sulfide) groups is 1. The molecule has 1 amide bonds. The molecule has 0 aliphatic carbocycles. The van der Waals surface area contributed by atoms with Gasteiger partial charge in [0.15, 0.2) is 15.0 Å². The van der Waals surface area contributed by atoms with Crippen LogP contribution in [0, 0.1) is 0 Å². The second kappa shape index (κ2) is 7.78. The molecule has 0 radical (unpaired) electrons. The van der Waals surface area contributed by atoms with Gasteiger partial charge in [0.05, 0.1) is 29.7 Å². The van der Waals surface area contributed by atoms with Gasteiger partial charge in [-0.25, -0.2) is 8.42 Å². The quantitative estimate of drug-likeness (QED) is 0.733. The van der Waals surface area contributed by atoms with Gasteiger partial charge in [0.25, 0.3) is 0 Å². The maximum atomic E-state index is 12.2. The molecule has 6 nitrogen and oxygen atoms in total. The minimum absolute atomic E-state index is 0.0521. The van der Waals surface area contributed by atoms with Crippen LogP contribution in [0.5, 0.6) is 5.75 Å². The van der Waals surface area contributed by atoms with Crippen LogP contribution in [0.25, 0.3) is 0 Å². The molecular weight excluding hydrogens is 396 g/mol. The molecule has 26 heavy (non-hydrogen) atoms. The van der Waals surface area contributed by atoms with Crippen molar-refractivity contribution in [2.45, 2.75) is 37.5 Å². The van der Waals surface area contributed by atoms with E-state index >= 15 is 0 Å². The minimum Gasteiger partial charge on any atom is -0.495 e. The predicted molar refractivity (Wildman–Crippen MR) is 106 cm³/mol. The molecule has 2 heterocycles. The number of amidine groups is 1. The Balaban J connectivity index is 1.96. The van der Waals surface area contributed by atoms with Gasteiger partial charge in [0, 0.05) is 17.4 Å². The highest BCUT2D eigenvalue weighted by atomic mass is 35.5. The molecule has 2 saturated heterocycles. The van der Waals surface area contributed by atoms with Gasteiger partial charge in [-0.05, 0) is 24.6 Å². The second-order valence-corrected chi connectivity index (χ2v) is 10.1. The van der Waals surface area contributed by atoms with Gasteiger partial charge in [-0.2, -0.15) is 4.99 Å². The largest absolute Gasteiger partial charge is 0.495 e. The standard InChI is InChI=1S/C17H21ClN2O4S2/c1-3-4-5-16(21)19-17-20(11-6-7-14(24-2)12(18)8-11)13-9-26(22,23)10-15(13)25-17/h6-8,13,15H,3-5,9-10H2,1-2H3/t13-,15+/m0/s1. The van der Waals surface area contributed by atoms with Crippen molar-refractivity contribution in [3.05, 3.63) is 23.2 Å². The molecule has 0 unspecified atom stereocenters. The molecule has 2 aliphatic heterocycles. The van der Waals surface area contributed by atoms with Crippen LogP contribution in [0.2, 0.25) is 5.02 Å². The van der Waals surface area contributed by atoms with Crippen LogP contribution in [0.4, 0.5) is 5.69 Å². The monoisotopic (exact) mass is 416 g/mol. The maximum absolute atomic E-state index is 12.2. The van der Waals surface area contributed by atoms with Crippen LogP contribution in [0.15, 0.2) is 23.2 Å². The van der Waals surface area contributed by atoms with Gasteiger partial charge in [-0.1, -0.05) is 36.7 Å². The molecule has 1 aromatic rings. The highest BCUT2D eigenvalue weighted by molar-refractivity contribution is 8.16. The Labute approximate surface area is 162 Å². The zero-order valence-corrected chi connectivity index (χ0v) is 17.0. The number of aliphatic imine (C=N–C) groups is 1. The van der Waals surface area contributed by atoms with Crippen LogP contribution >= 0.6 is 23.4 Å². The number of fused-ring (bicyclic) bond motifs is 1. The number of amides is 1. The first-order valence-corrected chi connectivity index (χ1v) is 11.5. The van der Waals surface area contributed by atoms with Crippen LogP contribution in [0.3, 0.4) is 0 Å². The molecule has 0 spiro atoms. The van der Waals surface area contributed by atoms with E-state index in [4.69, 9.17) is 16.3 Å². The summed E-state index contributed by atoms with van der Waals surface area (Å²) in [5.41, 5.74) is 0.718. The third kappa shape index (κ3) is 4.02. The normalized spacial score (nSPS) is 25.5. The summed E-state index contributed by atoms with van der Waals surface area (Å²) in [6, 6.07) is 5.02. The molecule has 0 saturated carbocycles. The number of hydrogen-bond donors (Lipinski definition) is 0. The fraction of sp³-hybridized carbons (Fsp3) is 0.529. The molecule has 9 heteroatoms. The summed E-state index contributed by atoms with van der Waals surface area (Å²) in [4.78, 5) is 18.3. The number of benzene rings is 1. The third-order valence-electron chi connectivity index (χ3n) is 4.44. The second-order valence-electron chi connectivity index (χ2n) is 6.38. The summed E-state index contributed by atoms with van der Waals surface area (Å²) < 4.78 is 29.3. The Morgan fingerprint density at radius 2 is 2.19 bits per heavy atom. The first-order chi connectivity index (χ1) is 12.3. The lowest BCUT2D eigenvalue weighted by Crippen LogP contribution is -2.37. The fourth-order valence-electron chi connectivity index (χ4n) is 3.16. The number of hydrogen-bond acceptors (Lipinski definition) is 5. The minimum atomic E-state index is -3.10. The van der Waals surface area contributed by atoms with Crippen molar-refractivity contribution in [2.24, 2.45) is 4.99 Å². The van der Waals surface area contributed by atoms with Crippen LogP contribution < -0.4 is 9.64 Å². The van der Waals surface area contributed by atoms with E-state index in [9.17, 15) is 13.2 Å². The molecule has 1 aromatic carbocycles. The molecule has 2 aliphatic rings.